The minimum atomic E-state index is -0.403. The summed E-state index contributed by atoms with van der Waals surface area (Å²) >= 11 is 0. The Bertz CT molecular complexity index is 924. The largest absolute Gasteiger partial charge is 0.462 e. The highest BCUT2D eigenvalue weighted by molar-refractivity contribution is 5.98. The number of urea groups is 1. The molecule has 1 aliphatic rings. The van der Waals surface area contributed by atoms with Crippen LogP contribution in [-0.4, -0.2) is 37.1 Å². The van der Waals surface area contributed by atoms with Crippen molar-refractivity contribution in [2.75, 3.05) is 23.4 Å². The van der Waals surface area contributed by atoms with Crippen LogP contribution < -0.4 is 15.5 Å². The molecule has 1 fully saturated rings. The van der Waals surface area contributed by atoms with Crippen LogP contribution in [0.3, 0.4) is 0 Å². The summed E-state index contributed by atoms with van der Waals surface area (Å²) in [5, 5.41) is 5.56. The van der Waals surface area contributed by atoms with E-state index in [0.717, 1.165) is 11.3 Å². The second-order valence-electron chi connectivity index (χ2n) is 7.07. The van der Waals surface area contributed by atoms with E-state index >= 15 is 0 Å². The molecule has 1 atom stereocenters. The summed E-state index contributed by atoms with van der Waals surface area (Å²) in [4.78, 5) is 38.0. The third-order valence-electron chi connectivity index (χ3n) is 4.92. The second kappa shape index (κ2) is 8.77. The van der Waals surface area contributed by atoms with Gasteiger partial charge in [-0.25, -0.2) is 9.59 Å². The lowest BCUT2D eigenvalue weighted by molar-refractivity contribution is -0.117. The third-order valence-corrected chi connectivity index (χ3v) is 4.92. The van der Waals surface area contributed by atoms with E-state index in [2.05, 4.69) is 10.6 Å². The molecule has 7 heteroatoms. The second-order valence-corrected chi connectivity index (χ2v) is 7.07. The number of esters is 1. The first kappa shape index (κ1) is 20.4. The quantitative estimate of drug-likeness (QED) is 0.760. The van der Waals surface area contributed by atoms with Gasteiger partial charge in [0.2, 0.25) is 5.91 Å². The van der Waals surface area contributed by atoms with Crippen molar-refractivity contribution in [1.29, 1.82) is 0 Å². The molecule has 2 aromatic rings. The van der Waals surface area contributed by atoms with Gasteiger partial charge in [0, 0.05) is 24.3 Å². The first-order valence-corrected chi connectivity index (χ1v) is 9.59. The normalized spacial score (nSPS) is 15.9. The molecule has 1 aliphatic heterocycles. The van der Waals surface area contributed by atoms with Crippen LogP contribution >= 0.6 is 0 Å². The lowest BCUT2D eigenvalue weighted by atomic mass is 10.1. The summed E-state index contributed by atoms with van der Waals surface area (Å²) in [6, 6.07) is 11.7. The van der Waals surface area contributed by atoms with Gasteiger partial charge in [0.25, 0.3) is 0 Å². The highest BCUT2D eigenvalue weighted by Crippen LogP contribution is 2.24. The predicted octanol–water partition coefficient (Wildman–Crippen LogP) is 3.41. The van der Waals surface area contributed by atoms with E-state index in [-0.39, 0.29) is 18.4 Å². The van der Waals surface area contributed by atoms with E-state index in [0.29, 0.717) is 24.4 Å². The maximum atomic E-state index is 12.4. The monoisotopic (exact) mass is 395 g/mol. The summed E-state index contributed by atoms with van der Waals surface area (Å²) in [6.07, 6.45) is 0.252. The molecular weight excluding hydrogens is 370 g/mol. The zero-order chi connectivity index (χ0) is 21.0. The van der Waals surface area contributed by atoms with E-state index in [1.165, 1.54) is 5.56 Å². The third kappa shape index (κ3) is 4.93. The fraction of sp³-hybridized carbons (Fsp3) is 0.318. The first-order chi connectivity index (χ1) is 13.9. The molecule has 2 N–H and O–H groups in total. The van der Waals surface area contributed by atoms with Crippen LogP contribution in [0.15, 0.2) is 42.5 Å². The molecule has 3 amide bonds. The SMILES string of the molecule is CCOC(=O)c1ccc(NC(=O)N[C@H]2CC(=O)N(c3ccc(C)c(C)c3)C2)cc1. The fourth-order valence-electron chi connectivity index (χ4n) is 3.20. The molecule has 0 aromatic heterocycles. The molecule has 7 nitrogen and oxygen atoms in total. The van der Waals surface area contributed by atoms with Gasteiger partial charge in [-0.05, 0) is 68.3 Å². The molecular formula is C22H25N3O4. The summed E-state index contributed by atoms with van der Waals surface area (Å²) in [5.41, 5.74) is 4.10. The Balaban J connectivity index is 1.56. The summed E-state index contributed by atoms with van der Waals surface area (Å²) in [5.74, 6) is -0.420. The number of nitrogens with zero attached hydrogens (tertiary/aromatic N) is 1. The number of hydrogen-bond acceptors (Lipinski definition) is 4. The van der Waals surface area contributed by atoms with Crippen molar-refractivity contribution in [2.45, 2.75) is 33.2 Å². The van der Waals surface area contributed by atoms with Crippen molar-refractivity contribution >= 4 is 29.3 Å². The van der Waals surface area contributed by atoms with Crippen molar-refractivity contribution in [3.8, 4) is 0 Å². The molecule has 1 saturated heterocycles. The summed E-state index contributed by atoms with van der Waals surface area (Å²) in [7, 11) is 0. The Morgan fingerprint density at radius 2 is 1.83 bits per heavy atom. The average Bonchev–Trinajstić information content (AvgIpc) is 3.04. The standard InChI is InChI=1S/C22H25N3O4/c1-4-29-21(27)16-6-8-17(9-7-16)23-22(28)24-18-12-20(26)25(13-18)19-10-5-14(2)15(3)11-19/h5-11,18H,4,12-13H2,1-3H3,(H2,23,24,28)/t18-/m0/s1. The number of ether oxygens (including phenoxy) is 1. The van der Waals surface area contributed by atoms with Gasteiger partial charge in [0.05, 0.1) is 18.2 Å². The minimum absolute atomic E-state index is 0.0163. The molecule has 0 saturated carbocycles. The number of hydrogen-bond donors (Lipinski definition) is 2. The zero-order valence-corrected chi connectivity index (χ0v) is 16.8. The van der Waals surface area contributed by atoms with Crippen LogP contribution in [0.2, 0.25) is 0 Å². The fourth-order valence-corrected chi connectivity index (χ4v) is 3.20. The maximum Gasteiger partial charge on any atom is 0.338 e. The molecule has 29 heavy (non-hydrogen) atoms. The van der Waals surface area contributed by atoms with Gasteiger partial charge < -0.3 is 20.3 Å². The Morgan fingerprint density at radius 3 is 2.48 bits per heavy atom. The number of carbonyl (C=O) groups is 3. The Hall–Kier alpha value is -3.35. The molecule has 0 spiro atoms. The van der Waals surface area contributed by atoms with Gasteiger partial charge in [-0.2, -0.15) is 0 Å². The van der Waals surface area contributed by atoms with E-state index in [4.69, 9.17) is 4.74 Å². The minimum Gasteiger partial charge on any atom is -0.462 e. The lowest BCUT2D eigenvalue weighted by Crippen LogP contribution is -2.39. The number of amides is 3. The molecule has 0 radical (unpaired) electrons. The van der Waals surface area contributed by atoms with Crippen molar-refractivity contribution in [3.05, 3.63) is 59.2 Å². The summed E-state index contributed by atoms with van der Waals surface area (Å²) < 4.78 is 4.93. The Kier molecular flexibility index (Phi) is 6.16. The van der Waals surface area contributed by atoms with Crippen LogP contribution in [0.5, 0.6) is 0 Å². The van der Waals surface area contributed by atoms with Crippen LogP contribution in [0.25, 0.3) is 0 Å². The lowest BCUT2D eigenvalue weighted by Gasteiger charge is -2.18. The molecule has 3 rings (SSSR count). The zero-order valence-electron chi connectivity index (χ0n) is 16.8. The molecule has 1 heterocycles. The average molecular weight is 395 g/mol. The molecule has 152 valence electrons. The van der Waals surface area contributed by atoms with Gasteiger partial charge >= 0.3 is 12.0 Å². The topological polar surface area (TPSA) is 87.7 Å². The number of rotatable bonds is 5. The predicted molar refractivity (Wildman–Crippen MR) is 111 cm³/mol. The Morgan fingerprint density at radius 1 is 1.10 bits per heavy atom. The number of aryl methyl sites for hydroxylation is 2. The van der Waals surface area contributed by atoms with Gasteiger partial charge in [-0.15, -0.1) is 0 Å². The number of benzene rings is 2. The highest BCUT2D eigenvalue weighted by atomic mass is 16.5. The van der Waals surface area contributed by atoms with Crippen molar-refractivity contribution in [3.63, 3.8) is 0 Å². The van der Waals surface area contributed by atoms with Crippen molar-refractivity contribution in [1.82, 2.24) is 5.32 Å². The van der Waals surface area contributed by atoms with Gasteiger partial charge in [-0.1, -0.05) is 6.07 Å². The van der Waals surface area contributed by atoms with E-state index in [1.54, 1.807) is 36.1 Å². The first-order valence-electron chi connectivity index (χ1n) is 9.59. The van der Waals surface area contributed by atoms with Gasteiger partial charge in [0.1, 0.15) is 0 Å². The van der Waals surface area contributed by atoms with Crippen LogP contribution in [0.4, 0.5) is 16.2 Å². The van der Waals surface area contributed by atoms with E-state index < -0.39 is 12.0 Å². The maximum absolute atomic E-state index is 12.4. The van der Waals surface area contributed by atoms with E-state index in [9.17, 15) is 14.4 Å². The van der Waals surface area contributed by atoms with Crippen LogP contribution in [-0.2, 0) is 9.53 Å². The smallest absolute Gasteiger partial charge is 0.338 e. The molecule has 0 aliphatic carbocycles. The Labute approximate surface area is 170 Å². The number of anilines is 2. The molecule has 2 aromatic carbocycles. The van der Waals surface area contributed by atoms with Crippen LogP contribution in [0, 0.1) is 13.8 Å². The number of carbonyl (C=O) groups excluding carboxylic acids is 3. The van der Waals surface area contributed by atoms with E-state index in [1.807, 2.05) is 32.0 Å². The van der Waals surface area contributed by atoms with Gasteiger partial charge in [-0.3, -0.25) is 4.79 Å². The molecule has 0 bridgehead atoms. The molecule has 0 unspecified atom stereocenters. The number of nitrogens with one attached hydrogen (secondary N) is 2. The van der Waals surface area contributed by atoms with Crippen molar-refractivity contribution in [2.24, 2.45) is 0 Å². The highest BCUT2D eigenvalue weighted by Gasteiger charge is 2.31. The van der Waals surface area contributed by atoms with Crippen LogP contribution in [0.1, 0.15) is 34.8 Å². The summed E-state index contributed by atoms with van der Waals surface area (Å²) in [6.45, 7) is 6.51. The van der Waals surface area contributed by atoms with Crippen molar-refractivity contribution < 1.29 is 19.1 Å². The van der Waals surface area contributed by atoms with Gasteiger partial charge in [0.15, 0.2) is 0 Å².